The van der Waals surface area contributed by atoms with E-state index in [1.807, 2.05) is 142 Å². The van der Waals surface area contributed by atoms with Crippen LogP contribution in [0.5, 0.6) is 0 Å². The van der Waals surface area contributed by atoms with E-state index in [1.54, 1.807) is 58.0 Å². The van der Waals surface area contributed by atoms with Gasteiger partial charge in [0.1, 0.15) is 33.7 Å². The van der Waals surface area contributed by atoms with Crippen LogP contribution >= 0.6 is 83.5 Å². The van der Waals surface area contributed by atoms with Gasteiger partial charge in [0, 0.05) is 236 Å². The van der Waals surface area contributed by atoms with Crippen LogP contribution in [-0.2, 0) is 83.3 Å². The first kappa shape index (κ1) is 122. The third-order valence-electron chi connectivity index (χ3n) is 21.3. The molecule has 5 saturated heterocycles. The Morgan fingerprint density at radius 3 is 1.15 bits per heavy atom. The van der Waals surface area contributed by atoms with Crippen molar-refractivity contribution >= 4 is 222 Å². The van der Waals surface area contributed by atoms with E-state index in [2.05, 4.69) is 123 Å². The molecular weight excluding hydrogens is 2270 g/mol. The summed E-state index contributed by atoms with van der Waals surface area (Å²) in [5.74, 6) is -0.979. The number of imide groups is 1. The fourth-order valence-electron chi connectivity index (χ4n) is 14.3. The average molecular weight is 2400 g/mol. The maximum atomic E-state index is 12.5. The summed E-state index contributed by atoms with van der Waals surface area (Å²) in [6.07, 6.45) is 3.59. The number of hydrogen-bond donors (Lipinski definition) is 10. The zero-order valence-electron chi connectivity index (χ0n) is 81.9. The van der Waals surface area contributed by atoms with Gasteiger partial charge in [-0.15, -0.1) is 5.06 Å². The number of hydrogen-bond acceptors (Lipinski definition) is 29. The molecule has 8 aromatic rings. The Balaban J connectivity index is 0.000000305. The molecule has 11 N–H and O–H groups in total. The number of benzene rings is 4. The van der Waals surface area contributed by atoms with Crippen LogP contribution in [0.15, 0.2) is 134 Å². The standard InChI is InChI=1S/C26H34N4O5S.C20H27N3O5.C15H19N3O3.C14H19N3O5S.C13H13NO4.C4H10.C2HF3O.C2H5.3HI.V/c1-30(2)17-9-10-19-16(13-24(33)35-21(19)14-17)12-23(32)27-11-5-7-18(31)6-3-4-8-22-25-20(15-36-22)28-26(34)29-25;1-20(2,3)28-19(26)22-9-8-21-17(24)10-13-11-18(25)27-16-12-14(23(4)5)6-7-15(13)16;1-18(2)11-3-4-12-10(7-14(19)17-6-5-16)8-15(20)21-13(12)9-11;18-10-5-6-11(19)17(10)22-12(20)4-2-1-3-9-13-8(7-23-9)15-14(21)16-13;1-14(2)9-3-4-10-8(5-12(15)16)6-13(17)18-11(10)7-9;1-3-4-2;3-2(4,5)1-6;1-2;;;;/h9-10,13-14,20,22,25H,3-8,11-12,15H2,1-2H3,(H,27,32)(H2,28,29,34);6-7,11-12H,8-10H2,1-5H3,(H,21,24)(H,22,26);3-4,8-9H,5-7,16H2,1-2H3,(H,17,19);8-9,13H,1-7H2,(H2,15,16,21);3-4,6-7H,5H2,1-2H3,(H,15,16);3-4H2,1-2H3;1H;1H2,2H3;3*1H;/q;;;;;;;-1;;;;+3/p-3. The molecular formula is C96H128F3I3N14O23S2V-. The molecule has 4 aromatic heterocycles. The number of alkyl carbamates (subject to hydrolysis) is 1. The van der Waals surface area contributed by atoms with Crippen LogP contribution in [0.25, 0.3) is 43.9 Å². The molecule has 9 heterocycles. The predicted molar refractivity (Wildman–Crippen MR) is 567 cm³/mol. The Morgan fingerprint density at radius 2 is 0.831 bits per heavy atom. The molecule has 13 rings (SSSR count). The summed E-state index contributed by atoms with van der Waals surface area (Å²) in [6, 6.07) is 27.9. The van der Waals surface area contributed by atoms with Crippen LogP contribution in [0.3, 0.4) is 0 Å². The van der Waals surface area contributed by atoms with Gasteiger partial charge in [-0.1, -0.05) is 39.5 Å². The topological polar surface area (TPSA) is 503 Å². The molecule has 0 bridgehead atoms. The molecule has 37 nitrogen and oxygen atoms in total. The molecule has 5 fully saturated rings. The molecule has 4 aromatic carbocycles. The number of carboxylic acids is 1. The van der Waals surface area contributed by atoms with E-state index in [9.17, 15) is 85.1 Å². The van der Waals surface area contributed by atoms with Crippen LogP contribution in [0.1, 0.15) is 154 Å². The summed E-state index contributed by atoms with van der Waals surface area (Å²) in [4.78, 5) is 196. The molecule has 0 radical (unpaired) electrons. The number of urea groups is 2. The number of hydroxylamine groups is 2. The number of ether oxygens (including phenoxy) is 1. The van der Waals surface area contributed by atoms with E-state index < -0.39 is 70.4 Å². The first-order valence-electron chi connectivity index (χ1n) is 45.7. The average Bonchev–Trinajstić information content (AvgIpc) is 1.73. The van der Waals surface area contributed by atoms with Gasteiger partial charge in [0.05, 0.1) is 49.9 Å². The molecule has 6 unspecified atom stereocenters. The van der Waals surface area contributed by atoms with Gasteiger partial charge in [0.15, 0.2) is 0 Å². The molecule has 6 atom stereocenters. The predicted octanol–water partition coefficient (Wildman–Crippen LogP) is 13.0. The second-order valence-electron chi connectivity index (χ2n) is 34.3. The fourth-order valence-corrected chi connectivity index (χ4v) is 17.4. The number of anilines is 4. The van der Waals surface area contributed by atoms with Gasteiger partial charge >= 0.3 is 124 Å². The summed E-state index contributed by atoms with van der Waals surface area (Å²) in [5.41, 5.74) is 10.5. The van der Waals surface area contributed by atoms with Gasteiger partial charge in [-0.05, 0) is 124 Å². The Bertz CT molecular complexity index is 5830. The second-order valence-corrected chi connectivity index (χ2v) is 72.2. The van der Waals surface area contributed by atoms with Crippen molar-refractivity contribution in [1.29, 1.82) is 0 Å². The zero-order chi connectivity index (χ0) is 106. The number of Topliss-reactive ketones (excluding diaryl/α,β-unsaturated/α-hetero) is 1. The number of carbonyl (C=O) groups is 12. The third-order valence-corrected chi connectivity index (χ3v) is 24.3. The number of fused-ring (bicyclic) bond motifs is 6. The van der Waals surface area contributed by atoms with Crippen LogP contribution < -0.4 is 90.4 Å². The van der Waals surface area contributed by atoms with Crippen molar-refractivity contribution in [3.8, 4) is 0 Å². The zero-order valence-corrected chi connectivity index (χ0v) is 91.4. The summed E-state index contributed by atoms with van der Waals surface area (Å²) in [6.45, 7) is 16.4. The normalized spacial score (nSPS) is 16.1. The number of ketones is 1. The number of aldehydes is 1. The molecule has 5 aliphatic heterocycles. The minimum atomic E-state index is -4.64. The number of carbonyl (C=O) groups excluding carboxylic acids is 11. The van der Waals surface area contributed by atoms with Crippen LogP contribution in [-0.4, -0.2) is 229 Å². The van der Waals surface area contributed by atoms with Gasteiger partial charge in [0.2, 0.25) is 24.0 Å². The summed E-state index contributed by atoms with van der Waals surface area (Å²) < 4.78 is 57.3. The number of amides is 10. The number of carboxylic acid groups (broad SMARTS) is 1. The van der Waals surface area contributed by atoms with E-state index >= 15 is 0 Å². The number of rotatable bonds is 33. The molecule has 10 amide bonds. The van der Waals surface area contributed by atoms with Gasteiger partial charge in [-0.3, -0.25) is 38.4 Å². The first-order chi connectivity index (χ1) is 67.1. The molecule has 0 spiro atoms. The quantitative estimate of drug-likeness (QED) is 0.00347. The Hall–Kier alpha value is -10.2. The molecule has 5 aliphatic rings. The van der Waals surface area contributed by atoms with Crippen molar-refractivity contribution in [2.24, 2.45) is 5.73 Å². The monoisotopic (exact) mass is 2400 g/mol. The van der Waals surface area contributed by atoms with E-state index in [-0.39, 0.29) is 123 Å². The number of nitrogens with zero attached hydrogens (tertiary/aromatic N) is 5. The second kappa shape index (κ2) is 61.8. The van der Waals surface area contributed by atoms with E-state index in [0.29, 0.717) is 116 Å². The number of unbranched alkanes of at least 4 members (excludes halogenated alkanes) is 3. The van der Waals surface area contributed by atoms with E-state index in [0.717, 1.165) is 77.1 Å². The summed E-state index contributed by atoms with van der Waals surface area (Å²) in [5, 5.41) is 35.6. The number of nitrogens with one attached hydrogen (secondary N) is 8. The van der Waals surface area contributed by atoms with Crippen molar-refractivity contribution in [2.45, 2.75) is 204 Å². The first-order valence-corrected chi connectivity index (χ1v) is 61.3. The van der Waals surface area contributed by atoms with Gasteiger partial charge in [-0.25, -0.2) is 38.4 Å². The molecule has 0 aliphatic carbocycles. The number of nitrogens with two attached hydrogens (primary N) is 1. The van der Waals surface area contributed by atoms with Crippen LogP contribution in [0, 0.1) is 6.92 Å². The van der Waals surface area contributed by atoms with Crippen molar-refractivity contribution < 1.29 is 108 Å². The number of aliphatic carboxylic acids is 1. The molecule has 0 saturated carbocycles. The Labute approximate surface area is 867 Å². The van der Waals surface area contributed by atoms with Crippen molar-refractivity contribution in [1.82, 2.24) is 47.6 Å². The van der Waals surface area contributed by atoms with Crippen molar-refractivity contribution in [3.05, 3.63) is 168 Å². The summed E-state index contributed by atoms with van der Waals surface area (Å²) >= 11 is 11.1. The van der Waals surface area contributed by atoms with Crippen molar-refractivity contribution in [2.75, 3.05) is 120 Å². The van der Waals surface area contributed by atoms with Gasteiger partial charge < -0.3 is 107 Å². The van der Waals surface area contributed by atoms with Gasteiger partial charge in [-0.2, -0.15) is 43.6 Å². The maximum absolute atomic E-state index is 12.5. The Morgan fingerprint density at radius 1 is 0.507 bits per heavy atom. The van der Waals surface area contributed by atoms with Crippen LogP contribution in [0.4, 0.5) is 50.3 Å². The molecule has 142 heavy (non-hydrogen) atoms. The Kier molecular flexibility index (Phi) is 53.2. The minimum absolute atomic E-state index is 0.0375. The van der Waals surface area contributed by atoms with Crippen LogP contribution in [0.2, 0.25) is 0 Å². The van der Waals surface area contributed by atoms with E-state index in [4.69, 9.17) is 42.9 Å². The van der Waals surface area contributed by atoms with E-state index in [1.165, 1.54) is 37.1 Å². The molecule has 780 valence electrons. The molecule has 46 heteroatoms. The summed E-state index contributed by atoms with van der Waals surface area (Å²) in [7, 11) is 15.2. The number of thioether (sulfide) groups is 2. The number of alkyl halides is 3. The fraction of sp³-hybridized carbons (Fsp3) is 0.490. The van der Waals surface area contributed by atoms with Crippen molar-refractivity contribution in [3.63, 3.8) is 0 Å². The third kappa shape index (κ3) is 43.8. The van der Waals surface area contributed by atoms with Gasteiger partial charge in [0.25, 0.3) is 11.8 Å². The number of halogens is 6. The SMILES string of the molecule is CCCC.CN(C)c1ccc2c(CC(=O)NCCCC(=O)CCCCC3SCC4NC(=O)NC43)cc(=O)oc2c1.CN(C)c1ccc2c(CC(=O)NCCN)cc(=O)oc2c1.CN(C)c1ccc2c(CC(=O)NCCNC(=O)OC(C)(C)C)cc(=O)oc2c1.CN(C)c1ccc2c(CC(=O)O)cc(=O)oc2c1.O=C1NC2CSC(CCCCC(=O)ON3C(=O)CCC3=O)C2N1.O=CC(F)(F)F.[CH2-]C.[I][V]([I])[I].